The van der Waals surface area contributed by atoms with Gasteiger partial charge in [-0.05, 0) is 92.4 Å². The van der Waals surface area contributed by atoms with Gasteiger partial charge in [-0.3, -0.25) is 9.69 Å². The Morgan fingerprint density at radius 3 is 2.32 bits per heavy atom. The Labute approximate surface area is 177 Å². The lowest BCUT2D eigenvalue weighted by Gasteiger charge is -2.57. The van der Waals surface area contributed by atoms with E-state index in [-0.39, 0.29) is 11.2 Å². The van der Waals surface area contributed by atoms with Crippen molar-refractivity contribution < 1.29 is 4.79 Å². The lowest BCUT2D eigenvalue weighted by atomic mass is 9.49. The van der Waals surface area contributed by atoms with Crippen LogP contribution in [0.4, 0.5) is 5.69 Å². The number of rotatable bonds is 4. The number of halogens is 1. The molecule has 0 radical (unpaired) electrons. The van der Waals surface area contributed by atoms with E-state index in [1.165, 1.54) is 38.5 Å². The zero-order valence-electron chi connectivity index (χ0n) is 16.6. The molecule has 1 amide bonds. The van der Waals surface area contributed by atoms with E-state index in [1.807, 2.05) is 29.2 Å². The van der Waals surface area contributed by atoms with E-state index < -0.39 is 0 Å². The highest BCUT2D eigenvalue weighted by Gasteiger charge is 2.50. The second-order valence-corrected chi connectivity index (χ2v) is 11.6. The van der Waals surface area contributed by atoms with Crippen LogP contribution in [0.25, 0.3) is 0 Å². The van der Waals surface area contributed by atoms with E-state index in [0.29, 0.717) is 16.9 Å². The topological polar surface area (TPSA) is 32.7 Å². The summed E-state index contributed by atoms with van der Waals surface area (Å²) in [7, 11) is 0. The van der Waals surface area contributed by atoms with E-state index in [9.17, 15) is 4.79 Å². The number of carbonyl (C=O) groups is 1. The average Bonchev–Trinajstić information content (AvgIpc) is 2.61. The van der Waals surface area contributed by atoms with Gasteiger partial charge < -0.3 is 0 Å². The van der Waals surface area contributed by atoms with Crippen molar-refractivity contribution >= 4 is 40.1 Å². The summed E-state index contributed by atoms with van der Waals surface area (Å²) in [4.78, 5) is 19.7. The molecule has 28 heavy (non-hydrogen) atoms. The van der Waals surface area contributed by atoms with Crippen molar-refractivity contribution in [1.29, 1.82) is 0 Å². The Hall–Kier alpha value is -1.000. The van der Waals surface area contributed by atoms with Crippen LogP contribution >= 0.6 is 23.4 Å². The molecule has 5 heteroatoms. The molecule has 6 rings (SSSR count). The van der Waals surface area contributed by atoms with Crippen molar-refractivity contribution in [2.75, 3.05) is 6.54 Å². The van der Waals surface area contributed by atoms with Crippen molar-refractivity contribution in [1.82, 2.24) is 4.90 Å². The number of hydrogen-bond donors (Lipinski definition) is 0. The predicted molar refractivity (Wildman–Crippen MR) is 117 cm³/mol. The largest absolute Gasteiger partial charge is 0.291 e. The van der Waals surface area contributed by atoms with Crippen LogP contribution in [-0.2, 0) is 4.79 Å². The van der Waals surface area contributed by atoms with Crippen LogP contribution < -0.4 is 0 Å². The third kappa shape index (κ3) is 3.75. The Bertz CT molecular complexity index is 755. The van der Waals surface area contributed by atoms with Crippen LogP contribution in [0.15, 0.2) is 29.3 Å². The Morgan fingerprint density at radius 1 is 1.11 bits per heavy atom. The molecule has 1 aromatic rings. The zero-order chi connectivity index (χ0) is 19.3. The average molecular weight is 417 g/mol. The zero-order valence-corrected chi connectivity index (χ0v) is 18.1. The second-order valence-electron chi connectivity index (χ2n) is 9.72. The fourth-order valence-corrected chi connectivity index (χ4v) is 7.82. The maximum absolute atomic E-state index is 12.9. The second kappa shape index (κ2) is 7.36. The molecule has 4 aliphatic carbocycles. The Balaban J connectivity index is 1.34. The molecule has 1 aromatic carbocycles. The number of carbonyl (C=O) groups excluding carboxylic acids is 1. The van der Waals surface area contributed by atoms with Crippen molar-refractivity contribution in [3.05, 3.63) is 29.3 Å². The molecule has 4 bridgehead atoms. The Morgan fingerprint density at radius 2 is 1.71 bits per heavy atom. The summed E-state index contributed by atoms with van der Waals surface area (Å²) in [5.74, 6) is 3.11. The third-order valence-corrected chi connectivity index (χ3v) is 8.73. The molecule has 4 saturated carbocycles. The molecule has 5 fully saturated rings. The van der Waals surface area contributed by atoms with Crippen LogP contribution in [0.2, 0.25) is 5.02 Å². The van der Waals surface area contributed by atoms with Crippen LogP contribution in [0.5, 0.6) is 0 Å². The molecule has 1 saturated heterocycles. The summed E-state index contributed by atoms with van der Waals surface area (Å²) in [6.07, 6.45) is 10.4. The molecule has 5 aliphatic rings. The van der Waals surface area contributed by atoms with Gasteiger partial charge in [0.2, 0.25) is 5.91 Å². The fraction of sp³-hybridized carbons (Fsp3) is 0.652. The van der Waals surface area contributed by atoms with Crippen LogP contribution in [0.1, 0.15) is 58.3 Å². The number of benzene rings is 1. The van der Waals surface area contributed by atoms with Crippen LogP contribution in [0.3, 0.4) is 0 Å². The highest BCUT2D eigenvalue weighted by Crippen LogP contribution is 2.61. The highest BCUT2D eigenvalue weighted by atomic mass is 35.5. The molecule has 1 aliphatic heterocycles. The minimum absolute atomic E-state index is 0.240. The minimum Gasteiger partial charge on any atom is -0.291 e. The van der Waals surface area contributed by atoms with Gasteiger partial charge in [0.1, 0.15) is 0 Å². The predicted octanol–water partition coefficient (Wildman–Crippen LogP) is 6.29. The summed E-state index contributed by atoms with van der Waals surface area (Å²) in [6.45, 7) is 2.95. The molecule has 3 nitrogen and oxygen atoms in total. The number of amidine groups is 1. The summed E-state index contributed by atoms with van der Waals surface area (Å²) < 4.78 is 0. The molecule has 1 atom stereocenters. The first-order valence-corrected chi connectivity index (χ1v) is 12.1. The molecule has 150 valence electrons. The summed E-state index contributed by atoms with van der Waals surface area (Å²) in [5, 5.41) is 1.87. The van der Waals surface area contributed by atoms with E-state index in [4.69, 9.17) is 16.6 Å². The summed E-state index contributed by atoms with van der Waals surface area (Å²) in [5.41, 5.74) is 1.36. The smallest absolute Gasteiger partial charge is 0.229 e. The number of nitrogens with zero attached hydrogens (tertiary/aromatic N) is 2. The first-order chi connectivity index (χ1) is 13.5. The molecule has 1 heterocycles. The Kier molecular flexibility index (Phi) is 4.99. The lowest BCUT2D eigenvalue weighted by molar-refractivity contribution is -0.128. The van der Waals surface area contributed by atoms with Gasteiger partial charge in [0.25, 0.3) is 0 Å². The SMILES string of the molecule is CC1CC(=O)N(CCC23CC4CC(CC(C4)C2)C3)/C(=N\c2ccc(Cl)cc2)S1. The third-order valence-electron chi connectivity index (χ3n) is 7.38. The van der Waals surface area contributed by atoms with Crippen molar-refractivity contribution in [2.24, 2.45) is 28.2 Å². The highest BCUT2D eigenvalue weighted by molar-refractivity contribution is 8.14. The maximum atomic E-state index is 12.9. The van der Waals surface area contributed by atoms with Gasteiger partial charge in [0, 0.05) is 23.2 Å². The van der Waals surface area contributed by atoms with Crippen molar-refractivity contribution in [3.63, 3.8) is 0 Å². The summed E-state index contributed by atoms with van der Waals surface area (Å²) in [6, 6.07) is 7.58. The number of thioether (sulfide) groups is 1. The van der Waals surface area contributed by atoms with E-state index in [2.05, 4.69) is 6.92 Å². The fourth-order valence-electron chi connectivity index (χ4n) is 6.63. The molecular weight excluding hydrogens is 388 g/mol. The molecule has 0 aromatic heterocycles. The van der Waals surface area contributed by atoms with E-state index in [0.717, 1.165) is 41.6 Å². The number of aliphatic imine (C=N–C) groups is 1. The normalized spacial score (nSPS) is 38.4. The van der Waals surface area contributed by atoms with Gasteiger partial charge >= 0.3 is 0 Å². The first kappa shape index (κ1) is 19.0. The molecule has 1 unspecified atom stereocenters. The lowest BCUT2D eigenvalue weighted by Crippen LogP contribution is -2.49. The van der Waals surface area contributed by atoms with E-state index >= 15 is 0 Å². The van der Waals surface area contributed by atoms with Gasteiger partial charge in [-0.25, -0.2) is 4.99 Å². The quantitative estimate of drug-likeness (QED) is 0.577. The maximum Gasteiger partial charge on any atom is 0.229 e. The first-order valence-electron chi connectivity index (χ1n) is 10.8. The molecule has 0 N–H and O–H groups in total. The molecular formula is C23H29ClN2OS. The van der Waals surface area contributed by atoms with Gasteiger partial charge in [0.15, 0.2) is 5.17 Å². The monoisotopic (exact) mass is 416 g/mol. The van der Waals surface area contributed by atoms with Gasteiger partial charge in [-0.15, -0.1) is 0 Å². The van der Waals surface area contributed by atoms with Crippen LogP contribution in [0, 0.1) is 23.2 Å². The van der Waals surface area contributed by atoms with Gasteiger partial charge in [-0.1, -0.05) is 30.3 Å². The number of hydrogen-bond acceptors (Lipinski definition) is 3. The van der Waals surface area contributed by atoms with Crippen molar-refractivity contribution in [3.8, 4) is 0 Å². The molecule has 0 spiro atoms. The standard InChI is InChI=1S/C23H29ClN2OS/c1-15-8-21(27)26(22(28-15)25-20-4-2-19(24)3-5-20)7-6-23-12-16-9-17(13-23)11-18(10-16)14-23/h2-5,15-18H,6-14H2,1H3/b25-22+. The number of amides is 1. The van der Waals surface area contributed by atoms with Gasteiger partial charge in [-0.2, -0.15) is 0 Å². The summed E-state index contributed by atoms with van der Waals surface area (Å²) >= 11 is 7.75. The van der Waals surface area contributed by atoms with Crippen LogP contribution in [-0.4, -0.2) is 27.8 Å². The van der Waals surface area contributed by atoms with Crippen molar-refractivity contribution in [2.45, 2.75) is 63.5 Å². The minimum atomic E-state index is 0.240. The van der Waals surface area contributed by atoms with E-state index in [1.54, 1.807) is 11.8 Å². The van der Waals surface area contributed by atoms with Gasteiger partial charge in [0.05, 0.1) is 5.69 Å².